The Morgan fingerprint density at radius 3 is 1.75 bits per heavy atom. The van der Waals surface area contributed by atoms with Crippen LogP contribution in [0.4, 0.5) is 4.39 Å². The lowest BCUT2D eigenvalue weighted by Crippen LogP contribution is -1.83. The smallest absolute Gasteiger partial charge is 0.124 e. The lowest BCUT2D eigenvalue weighted by Gasteiger charge is -2.07. The van der Waals surface area contributed by atoms with E-state index in [2.05, 4.69) is 78.9 Å². The molecule has 0 aliphatic rings. The molecule has 1 nitrogen and oxygen atoms in total. The number of rotatable bonds is 3. The van der Waals surface area contributed by atoms with Gasteiger partial charge >= 0.3 is 0 Å². The van der Waals surface area contributed by atoms with Gasteiger partial charge in [0, 0.05) is 5.56 Å². The molecule has 0 aliphatic heterocycles. The van der Waals surface area contributed by atoms with Crippen LogP contribution in [-0.4, -0.2) is 4.98 Å². The predicted octanol–water partition coefficient (Wildman–Crippen LogP) is 8.59. The summed E-state index contributed by atoms with van der Waals surface area (Å²) in [6.07, 6.45) is 0. The topological polar surface area (TPSA) is 12.9 Å². The molecule has 0 atom stereocenters. The highest BCUT2D eigenvalue weighted by molar-refractivity contribution is 7.21. The highest BCUT2D eigenvalue weighted by Crippen LogP contribution is 2.33. The first-order valence-corrected chi connectivity index (χ1v) is 11.3. The number of fused-ring (bicyclic) bond motifs is 2. The molecule has 0 spiro atoms. The van der Waals surface area contributed by atoms with Crippen LogP contribution in [0, 0.1) is 5.82 Å². The molecule has 0 aliphatic carbocycles. The van der Waals surface area contributed by atoms with E-state index in [0.717, 1.165) is 32.8 Å². The van der Waals surface area contributed by atoms with E-state index < -0.39 is 0 Å². The summed E-state index contributed by atoms with van der Waals surface area (Å²) >= 11 is 1.73. The number of hydrogen-bond acceptors (Lipinski definition) is 2. The van der Waals surface area contributed by atoms with E-state index in [4.69, 9.17) is 4.98 Å². The number of aromatic nitrogens is 1. The minimum absolute atomic E-state index is 0.215. The zero-order chi connectivity index (χ0) is 21.5. The summed E-state index contributed by atoms with van der Waals surface area (Å²) in [4.78, 5) is 4.79. The van der Waals surface area contributed by atoms with Gasteiger partial charge in [0.1, 0.15) is 10.8 Å². The third-order valence-corrected chi connectivity index (χ3v) is 6.86. The minimum atomic E-state index is -0.215. The third kappa shape index (κ3) is 3.47. The summed E-state index contributed by atoms with van der Waals surface area (Å²) in [7, 11) is 0. The second kappa shape index (κ2) is 7.70. The molecule has 0 fully saturated rings. The van der Waals surface area contributed by atoms with Crippen LogP contribution in [0.15, 0.2) is 109 Å². The number of benzene rings is 5. The highest BCUT2D eigenvalue weighted by Gasteiger charge is 2.08. The van der Waals surface area contributed by atoms with Crippen LogP contribution in [0.2, 0.25) is 0 Å². The van der Waals surface area contributed by atoms with E-state index in [0.29, 0.717) is 0 Å². The molecule has 0 amide bonds. The van der Waals surface area contributed by atoms with E-state index >= 15 is 0 Å². The number of hydrogen-bond donors (Lipinski definition) is 0. The van der Waals surface area contributed by atoms with Gasteiger partial charge in [0.05, 0.1) is 10.2 Å². The molecule has 0 saturated carbocycles. The normalized spacial score (nSPS) is 11.3. The molecular formula is C29H18FNS. The number of nitrogens with zero attached hydrogens (tertiary/aromatic N) is 1. The van der Waals surface area contributed by atoms with Crippen molar-refractivity contribution in [2.75, 3.05) is 0 Å². The first kappa shape index (κ1) is 18.9. The largest absolute Gasteiger partial charge is 0.236 e. The molecular weight excluding hydrogens is 413 g/mol. The summed E-state index contributed by atoms with van der Waals surface area (Å²) in [5.41, 5.74) is 6.62. The maximum absolute atomic E-state index is 13.2. The van der Waals surface area contributed by atoms with Crippen molar-refractivity contribution in [2.24, 2.45) is 0 Å². The number of halogens is 1. The maximum Gasteiger partial charge on any atom is 0.124 e. The number of para-hydroxylation sites is 1. The zero-order valence-corrected chi connectivity index (χ0v) is 17.9. The van der Waals surface area contributed by atoms with Crippen LogP contribution in [0.5, 0.6) is 0 Å². The Hall–Kier alpha value is -3.82. The lowest BCUT2D eigenvalue weighted by molar-refractivity contribution is 0.628. The van der Waals surface area contributed by atoms with E-state index in [1.54, 1.807) is 11.3 Å². The molecule has 152 valence electrons. The Morgan fingerprint density at radius 2 is 1.06 bits per heavy atom. The van der Waals surface area contributed by atoms with E-state index in [1.807, 2.05) is 18.2 Å². The molecule has 0 N–H and O–H groups in total. The number of thiazole rings is 1. The molecule has 0 unspecified atom stereocenters. The molecule has 1 aromatic heterocycles. The Kier molecular flexibility index (Phi) is 4.55. The van der Waals surface area contributed by atoms with Gasteiger partial charge in [-0.2, -0.15) is 0 Å². The van der Waals surface area contributed by atoms with Gasteiger partial charge in [-0.15, -0.1) is 11.3 Å². The summed E-state index contributed by atoms with van der Waals surface area (Å²) in [5.74, 6) is -0.215. The van der Waals surface area contributed by atoms with E-state index in [1.165, 1.54) is 33.2 Å². The van der Waals surface area contributed by atoms with Gasteiger partial charge in [-0.1, -0.05) is 72.8 Å². The van der Waals surface area contributed by atoms with Gasteiger partial charge < -0.3 is 0 Å². The minimum Gasteiger partial charge on any atom is -0.236 e. The van der Waals surface area contributed by atoms with E-state index in [9.17, 15) is 4.39 Å². The molecule has 5 aromatic carbocycles. The van der Waals surface area contributed by atoms with Gasteiger partial charge in [0.25, 0.3) is 0 Å². The van der Waals surface area contributed by atoms with Crippen molar-refractivity contribution in [3.63, 3.8) is 0 Å². The van der Waals surface area contributed by atoms with Gasteiger partial charge in [-0.3, -0.25) is 0 Å². The Morgan fingerprint density at radius 1 is 0.531 bits per heavy atom. The van der Waals surface area contributed by atoms with Crippen molar-refractivity contribution in [1.29, 1.82) is 0 Å². The Balaban J connectivity index is 1.32. The van der Waals surface area contributed by atoms with Crippen LogP contribution in [0.1, 0.15) is 0 Å². The summed E-state index contributed by atoms with van der Waals surface area (Å²) in [6.45, 7) is 0. The van der Waals surface area contributed by atoms with Crippen LogP contribution in [-0.2, 0) is 0 Å². The average Bonchev–Trinajstić information content (AvgIpc) is 3.28. The first-order valence-electron chi connectivity index (χ1n) is 10.5. The summed E-state index contributed by atoms with van der Waals surface area (Å²) < 4.78 is 14.4. The Bertz CT molecular complexity index is 1530. The molecule has 32 heavy (non-hydrogen) atoms. The van der Waals surface area contributed by atoms with Crippen LogP contribution in [0.25, 0.3) is 53.8 Å². The van der Waals surface area contributed by atoms with Crippen molar-refractivity contribution in [2.45, 2.75) is 0 Å². The van der Waals surface area contributed by atoms with E-state index in [-0.39, 0.29) is 5.82 Å². The van der Waals surface area contributed by atoms with Crippen LogP contribution < -0.4 is 0 Å². The van der Waals surface area contributed by atoms with Crippen LogP contribution in [0.3, 0.4) is 0 Å². The SMILES string of the molecule is Fc1ccc(-c2ccc(-c3ccc4cc(-c5nc6ccccc6s5)ccc4c3)cc2)cc1. The zero-order valence-electron chi connectivity index (χ0n) is 17.1. The molecule has 1 heterocycles. The highest BCUT2D eigenvalue weighted by atomic mass is 32.1. The van der Waals surface area contributed by atoms with Crippen molar-refractivity contribution >= 4 is 32.3 Å². The fraction of sp³-hybridized carbons (Fsp3) is 0. The third-order valence-electron chi connectivity index (χ3n) is 5.78. The molecule has 6 aromatic rings. The van der Waals surface area contributed by atoms with Crippen molar-refractivity contribution < 1.29 is 4.39 Å². The van der Waals surface area contributed by atoms with Gasteiger partial charge in [0.15, 0.2) is 0 Å². The predicted molar refractivity (Wildman–Crippen MR) is 133 cm³/mol. The van der Waals surface area contributed by atoms with Gasteiger partial charge in [0.2, 0.25) is 0 Å². The summed E-state index contributed by atoms with van der Waals surface area (Å²) in [6, 6.07) is 36.4. The fourth-order valence-corrected chi connectivity index (χ4v) is 5.01. The molecule has 6 rings (SSSR count). The molecule has 3 heteroatoms. The lowest BCUT2D eigenvalue weighted by atomic mass is 9.98. The maximum atomic E-state index is 13.2. The average molecular weight is 432 g/mol. The standard InChI is InChI=1S/C29H18FNS/c30-26-15-13-20(14-16-26)19-5-7-21(8-6-19)22-9-10-24-18-25(12-11-23(24)17-22)29-31-27-3-1-2-4-28(27)32-29/h1-18H. The molecule has 0 saturated heterocycles. The summed E-state index contributed by atoms with van der Waals surface area (Å²) in [5, 5.41) is 3.46. The van der Waals surface area contributed by atoms with Crippen molar-refractivity contribution in [3.05, 3.63) is 115 Å². The second-order valence-electron chi connectivity index (χ2n) is 7.85. The fourth-order valence-electron chi connectivity index (χ4n) is 4.05. The molecule has 0 radical (unpaired) electrons. The van der Waals surface area contributed by atoms with Crippen LogP contribution >= 0.6 is 11.3 Å². The quantitative estimate of drug-likeness (QED) is 0.273. The molecule has 0 bridgehead atoms. The monoisotopic (exact) mass is 431 g/mol. The van der Waals surface area contributed by atoms with Crippen molar-refractivity contribution in [3.8, 4) is 32.8 Å². The second-order valence-corrected chi connectivity index (χ2v) is 8.88. The van der Waals surface area contributed by atoms with Crippen molar-refractivity contribution in [1.82, 2.24) is 4.98 Å². The first-order chi connectivity index (χ1) is 15.7. The Labute approximate surface area is 189 Å². The van der Waals surface area contributed by atoms with Gasteiger partial charge in [-0.05, 0) is 69.4 Å². The van der Waals surface area contributed by atoms with Gasteiger partial charge in [-0.25, -0.2) is 9.37 Å².